The van der Waals surface area contributed by atoms with Gasteiger partial charge in [-0.1, -0.05) is 22.0 Å². The van der Waals surface area contributed by atoms with Crippen LogP contribution in [0.3, 0.4) is 0 Å². The second kappa shape index (κ2) is 9.60. The van der Waals surface area contributed by atoms with E-state index in [9.17, 15) is 9.50 Å². The third-order valence-corrected chi connectivity index (χ3v) is 6.27. The van der Waals surface area contributed by atoms with Crippen molar-refractivity contribution in [3.8, 4) is 0 Å². The first-order chi connectivity index (χ1) is 12.6. The van der Waals surface area contributed by atoms with Crippen LogP contribution in [0.4, 0.5) is 4.39 Å². The summed E-state index contributed by atoms with van der Waals surface area (Å²) in [6, 6.07) is 5.93. The SMILES string of the molecule is O[C@H]1CC[C@@H](NCCCN[C@]2(c3ccc(Br)cc3F)CCCNC2)CC1. The Morgan fingerprint density at radius 2 is 2.04 bits per heavy atom. The van der Waals surface area contributed by atoms with Crippen molar-refractivity contribution in [3.63, 3.8) is 0 Å². The van der Waals surface area contributed by atoms with Gasteiger partial charge in [0, 0.05) is 22.6 Å². The predicted octanol–water partition coefficient (Wildman–Crippen LogP) is 3.04. The van der Waals surface area contributed by atoms with Crippen LogP contribution >= 0.6 is 15.9 Å². The average Bonchev–Trinajstić information content (AvgIpc) is 2.63. The van der Waals surface area contributed by atoms with Gasteiger partial charge in [-0.2, -0.15) is 0 Å². The van der Waals surface area contributed by atoms with Crippen molar-refractivity contribution in [2.24, 2.45) is 0 Å². The highest BCUT2D eigenvalue weighted by Crippen LogP contribution is 2.31. The Hall–Kier alpha value is -0.530. The molecule has 0 bridgehead atoms. The van der Waals surface area contributed by atoms with Crippen molar-refractivity contribution in [1.82, 2.24) is 16.0 Å². The Kier molecular flexibility index (Phi) is 7.46. The van der Waals surface area contributed by atoms with Gasteiger partial charge in [0.25, 0.3) is 0 Å². The van der Waals surface area contributed by atoms with Crippen LogP contribution in [0.5, 0.6) is 0 Å². The first-order valence-electron chi connectivity index (χ1n) is 9.92. The molecular weight excluding hydrogens is 397 g/mol. The van der Waals surface area contributed by atoms with E-state index in [4.69, 9.17) is 0 Å². The van der Waals surface area contributed by atoms with E-state index in [0.717, 1.165) is 81.2 Å². The van der Waals surface area contributed by atoms with Crippen LogP contribution in [-0.2, 0) is 5.54 Å². The lowest BCUT2D eigenvalue weighted by atomic mass is 9.82. The van der Waals surface area contributed by atoms with Crippen molar-refractivity contribution in [1.29, 1.82) is 0 Å². The lowest BCUT2D eigenvalue weighted by Gasteiger charge is -2.39. The third-order valence-electron chi connectivity index (χ3n) is 5.78. The molecule has 146 valence electrons. The van der Waals surface area contributed by atoms with Crippen LogP contribution in [0, 0.1) is 5.82 Å². The van der Waals surface area contributed by atoms with Crippen molar-refractivity contribution in [2.45, 2.75) is 62.6 Å². The number of nitrogens with one attached hydrogen (secondary N) is 3. The molecule has 2 aliphatic rings. The molecule has 1 saturated heterocycles. The molecule has 1 saturated carbocycles. The van der Waals surface area contributed by atoms with Crippen molar-refractivity contribution in [2.75, 3.05) is 26.2 Å². The van der Waals surface area contributed by atoms with E-state index in [1.54, 1.807) is 6.07 Å². The summed E-state index contributed by atoms with van der Waals surface area (Å²) in [6.45, 7) is 3.58. The van der Waals surface area contributed by atoms with Crippen molar-refractivity contribution >= 4 is 15.9 Å². The number of halogens is 2. The summed E-state index contributed by atoms with van der Waals surface area (Å²) >= 11 is 3.35. The maximum Gasteiger partial charge on any atom is 0.129 e. The molecule has 0 aromatic heterocycles. The van der Waals surface area contributed by atoms with Crippen LogP contribution < -0.4 is 16.0 Å². The Bertz CT molecular complexity index is 572. The molecule has 2 fully saturated rings. The Morgan fingerprint density at radius 1 is 1.23 bits per heavy atom. The van der Waals surface area contributed by atoms with Gasteiger partial charge in [0.05, 0.1) is 11.6 Å². The van der Waals surface area contributed by atoms with Gasteiger partial charge >= 0.3 is 0 Å². The zero-order chi connectivity index (χ0) is 18.4. The summed E-state index contributed by atoms with van der Waals surface area (Å²) in [5, 5.41) is 20.3. The minimum Gasteiger partial charge on any atom is -0.393 e. The molecule has 1 atom stereocenters. The van der Waals surface area contributed by atoms with E-state index in [0.29, 0.717) is 6.04 Å². The number of aliphatic hydroxyl groups excluding tert-OH is 1. The van der Waals surface area contributed by atoms with Crippen LogP contribution in [-0.4, -0.2) is 43.4 Å². The standard InChI is InChI=1S/C20H31BrFN3O/c21-15-3-8-18(19(22)13-15)20(9-1-10-23-14-20)25-12-2-11-24-16-4-6-17(26)7-5-16/h3,8,13,16-17,23-26H,1-2,4-7,9-12,14H2/t16-,17+,20-/m1/s1. The minimum absolute atomic E-state index is 0.103. The highest BCUT2D eigenvalue weighted by atomic mass is 79.9. The zero-order valence-electron chi connectivity index (χ0n) is 15.4. The summed E-state index contributed by atoms with van der Waals surface area (Å²) in [6.07, 6.45) is 6.85. The second-order valence-corrected chi connectivity index (χ2v) is 8.64. The van der Waals surface area contributed by atoms with Gasteiger partial charge in [0.15, 0.2) is 0 Å². The molecule has 4 N–H and O–H groups in total. The fourth-order valence-electron chi connectivity index (χ4n) is 4.26. The van der Waals surface area contributed by atoms with Gasteiger partial charge < -0.3 is 21.1 Å². The van der Waals surface area contributed by atoms with E-state index < -0.39 is 0 Å². The molecule has 26 heavy (non-hydrogen) atoms. The van der Waals surface area contributed by atoms with E-state index in [1.807, 2.05) is 12.1 Å². The molecule has 1 aromatic rings. The maximum absolute atomic E-state index is 14.6. The lowest BCUT2D eigenvalue weighted by molar-refractivity contribution is 0.116. The zero-order valence-corrected chi connectivity index (χ0v) is 17.0. The lowest BCUT2D eigenvalue weighted by Crippen LogP contribution is -2.54. The molecule has 0 amide bonds. The summed E-state index contributed by atoms with van der Waals surface area (Å²) < 4.78 is 15.4. The average molecular weight is 428 g/mol. The number of aliphatic hydroxyl groups is 1. The highest BCUT2D eigenvalue weighted by Gasteiger charge is 2.35. The van der Waals surface area contributed by atoms with E-state index in [2.05, 4.69) is 31.9 Å². The van der Waals surface area contributed by atoms with E-state index in [-0.39, 0.29) is 17.5 Å². The van der Waals surface area contributed by atoms with Crippen molar-refractivity contribution < 1.29 is 9.50 Å². The molecule has 1 aliphatic carbocycles. The molecule has 0 unspecified atom stereocenters. The minimum atomic E-state index is -0.321. The summed E-state index contributed by atoms with van der Waals surface area (Å²) in [7, 11) is 0. The summed E-state index contributed by atoms with van der Waals surface area (Å²) in [5.74, 6) is -0.144. The molecule has 1 aliphatic heterocycles. The van der Waals surface area contributed by atoms with Crippen LogP contribution in [0.15, 0.2) is 22.7 Å². The summed E-state index contributed by atoms with van der Waals surface area (Å²) in [4.78, 5) is 0. The molecule has 1 aromatic carbocycles. The number of rotatable bonds is 7. The molecule has 1 heterocycles. The van der Waals surface area contributed by atoms with E-state index in [1.165, 1.54) is 0 Å². The van der Waals surface area contributed by atoms with Crippen LogP contribution in [0.25, 0.3) is 0 Å². The normalized spacial score (nSPS) is 29.7. The Morgan fingerprint density at radius 3 is 2.73 bits per heavy atom. The first kappa shape index (κ1) is 20.2. The smallest absolute Gasteiger partial charge is 0.129 e. The van der Waals surface area contributed by atoms with Gasteiger partial charge in [0.2, 0.25) is 0 Å². The van der Waals surface area contributed by atoms with Gasteiger partial charge in [-0.3, -0.25) is 0 Å². The number of hydrogen-bond acceptors (Lipinski definition) is 4. The molecule has 0 radical (unpaired) electrons. The molecule has 6 heteroatoms. The molecule has 4 nitrogen and oxygen atoms in total. The van der Waals surface area contributed by atoms with Crippen LogP contribution in [0.2, 0.25) is 0 Å². The second-order valence-electron chi connectivity index (χ2n) is 7.73. The maximum atomic E-state index is 14.6. The molecule has 3 rings (SSSR count). The monoisotopic (exact) mass is 427 g/mol. The quantitative estimate of drug-likeness (QED) is 0.505. The topological polar surface area (TPSA) is 56.3 Å². The van der Waals surface area contributed by atoms with Gasteiger partial charge in [-0.15, -0.1) is 0 Å². The van der Waals surface area contributed by atoms with Crippen LogP contribution in [0.1, 0.15) is 50.5 Å². The van der Waals surface area contributed by atoms with Gasteiger partial charge in [-0.25, -0.2) is 4.39 Å². The summed E-state index contributed by atoms with van der Waals surface area (Å²) in [5.41, 5.74) is 0.444. The van der Waals surface area contributed by atoms with Crippen molar-refractivity contribution in [3.05, 3.63) is 34.1 Å². The third kappa shape index (κ3) is 5.26. The first-order valence-corrected chi connectivity index (χ1v) is 10.7. The Labute approximate surface area is 164 Å². The van der Waals surface area contributed by atoms with Gasteiger partial charge in [0.1, 0.15) is 5.82 Å². The Balaban J connectivity index is 1.51. The number of hydrogen-bond donors (Lipinski definition) is 4. The fourth-order valence-corrected chi connectivity index (χ4v) is 4.59. The molecule has 0 spiro atoms. The van der Waals surface area contributed by atoms with Gasteiger partial charge in [-0.05, 0) is 76.7 Å². The largest absolute Gasteiger partial charge is 0.393 e. The molecular formula is C20H31BrFN3O. The number of piperidine rings is 1. The fraction of sp³-hybridized carbons (Fsp3) is 0.700. The highest BCUT2D eigenvalue weighted by molar-refractivity contribution is 9.10. The van der Waals surface area contributed by atoms with E-state index >= 15 is 0 Å². The number of benzene rings is 1. The predicted molar refractivity (Wildman–Crippen MR) is 107 cm³/mol.